The van der Waals surface area contributed by atoms with Gasteiger partial charge in [0.25, 0.3) is 11.8 Å². The van der Waals surface area contributed by atoms with E-state index in [9.17, 15) is 24.0 Å². The third-order valence-electron chi connectivity index (χ3n) is 4.94. The number of carboxylic acids is 1. The van der Waals surface area contributed by atoms with Gasteiger partial charge in [0, 0.05) is 30.4 Å². The number of carboxylic acid groups (broad SMARTS) is 1. The molecule has 3 heterocycles. The summed E-state index contributed by atoms with van der Waals surface area (Å²) >= 11 is 0. The molecule has 0 aliphatic carbocycles. The van der Waals surface area contributed by atoms with E-state index in [-0.39, 0.29) is 37.1 Å². The zero-order valence-electron chi connectivity index (χ0n) is 15.6. The summed E-state index contributed by atoms with van der Waals surface area (Å²) in [6.07, 6.45) is 3.20. The number of piperidine rings is 1. The zero-order valence-corrected chi connectivity index (χ0v) is 15.6. The average Bonchev–Trinajstić information content (AvgIpc) is 3.23. The monoisotopic (exact) mass is 411 g/mol. The van der Waals surface area contributed by atoms with Crippen LogP contribution in [0.1, 0.15) is 39.1 Å². The van der Waals surface area contributed by atoms with Gasteiger partial charge < -0.3 is 10.4 Å². The lowest BCUT2D eigenvalue weighted by molar-refractivity contribution is -0.138. The first kappa shape index (κ1) is 19.3. The third-order valence-corrected chi connectivity index (χ3v) is 4.94. The van der Waals surface area contributed by atoms with Crippen molar-refractivity contribution >= 4 is 35.3 Å². The summed E-state index contributed by atoms with van der Waals surface area (Å²) in [4.78, 5) is 61.0. The Kier molecular flexibility index (Phi) is 4.78. The number of fused-ring (bicyclic) bond motifs is 1. The SMILES string of the molecule is O=C(O)Cn1cc(CNc2cccc3c2C(=O)N(C2CCC(=O)NC2=O)C3=O)cn1. The summed E-state index contributed by atoms with van der Waals surface area (Å²) in [6.45, 7) is -0.0232. The molecule has 11 heteroatoms. The summed E-state index contributed by atoms with van der Waals surface area (Å²) in [5.74, 6) is -3.30. The Balaban J connectivity index is 1.54. The summed E-state index contributed by atoms with van der Waals surface area (Å²) in [5.41, 5.74) is 1.43. The van der Waals surface area contributed by atoms with E-state index in [0.717, 1.165) is 4.90 Å². The molecule has 154 valence electrons. The largest absolute Gasteiger partial charge is 0.480 e. The van der Waals surface area contributed by atoms with Crippen LogP contribution in [0.3, 0.4) is 0 Å². The second-order valence-electron chi connectivity index (χ2n) is 6.97. The number of carbonyl (C=O) groups is 5. The molecule has 3 N–H and O–H groups in total. The van der Waals surface area contributed by atoms with E-state index in [0.29, 0.717) is 11.3 Å². The predicted molar refractivity (Wildman–Crippen MR) is 100 cm³/mol. The Morgan fingerprint density at radius 3 is 2.77 bits per heavy atom. The maximum Gasteiger partial charge on any atom is 0.325 e. The highest BCUT2D eigenvalue weighted by Crippen LogP contribution is 2.32. The first-order valence-electron chi connectivity index (χ1n) is 9.16. The van der Waals surface area contributed by atoms with E-state index in [1.54, 1.807) is 18.3 Å². The van der Waals surface area contributed by atoms with Crippen molar-refractivity contribution in [1.82, 2.24) is 20.0 Å². The van der Waals surface area contributed by atoms with Crippen LogP contribution in [0.2, 0.25) is 0 Å². The quantitative estimate of drug-likeness (QED) is 0.561. The molecule has 2 aliphatic heterocycles. The molecule has 0 bridgehead atoms. The fourth-order valence-corrected chi connectivity index (χ4v) is 3.58. The maximum absolute atomic E-state index is 13.0. The van der Waals surface area contributed by atoms with Gasteiger partial charge in [-0.05, 0) is 18.6 Å². The van der Waals surface area contributed by atoms with E-state index < -0.39 is 35.6 Å². The van der Waals surface area contributed by atoms with Crippen LogP contribution >= 0.6 is 0 Å². The van der Waals surface area contributed by atoms with Crippen LogP contribution in [-0.4, -0.2) is 55.4 Å². The number of aromatic nitrogens is 2. The Morgan fingerprint density at radius 2 is 2.03 bits per heavy atom. The zero-order chi connectivity index (χ0) is 21.4. The van der Waals surface area contributed by atoms with Crippen molar-refractivity contribution in [1.29, 1.82) is 0 Å². The maximum atomic E-state index is 13.0. The molecule has 30 heavy (non-hydrogen) atoms. The number of nitrogens with one attached hydrogen (secondary N) is 2. The van der Waals surface area contributed by atoms with Gasteiger partial charge >= 0.3 is 5.97 Å². The van der Waals surface area contributed by atoms with Crippen molar-refractivity contribution in [2.75, 3.05) is 5.32 Å². The smallest absolute Gasteiger partial charge is 0.325 e. The van der Waals surface area contributed by atoms with Crippen LogP contribution in [0, 0.1) is 0 Å². The Hall–Kier alpha value is -4.02. The standard InChI is InChI=1S/C19H17N5O6/c25-14-5-4-13(17(28)22-14)24-18(29)11-2-1-3-12(16(11)19(24)30)20-6-10-7-21-23(8-10)9-15(26)27/h1-3,7-8,13,20H,4-6,9H2,(H,26,27)(H,22,25,28). The second kappa shape index (κ2) is 7.43. The lowest BCUT2D eigenvalue weighted by Gasteiger charge is -2.27. The molecule has 2 aromatic rings. The van der Waals surface area contributed by atoms with Gasteiger partial charge in [0.15, 0.2) is 0 Å². The molecule has 2 aliphatic rings. The summed E-state index contributed by atoms with van der Waals surface area (Å²) in [5, 5.41) is 18.0. The molecule has 4 rings (SSSR count). The number of nitrogens with zero attached hydrogens (tertiary/aromatic N) is 3. The summed E-state index contributed by atoms with van der Waals surface area (Å²) < 4.78 is 1.27. The molecule has 11 nitrogen and oxygen atoms in total. The van der Waals surface area contributed by atoms with Gasteiger partial charge in [-0.3, -0.25) is 38.9 Å². The Morgan fingerprint density at radius 1 is 1.23 bits per heavy atom. The minimum atomic E-state index is -1.03. The van der Waals surface area contributed by atoms with Crippen LogP contribution in [0.4, 0.5) is 5.69 Å². The molecule has 1 unspecified atom stereocenters. The first-order valence-corrected chi connectivity index (χ1v) is 9.16. The van der Waals surface area contributed by atoms with E-state index in [1.165, 1.54) is 16.9 Å². The van der Waals surface area contributed by atoms with E-state index in [1.807, 2.05) is 0 Å². The number of hydrogen-bond acceptors (Lipinski definition) is 7. The number of aliphatic carboxylic acids is 1. The lowest BCUT2D eigenvalue weighted by Crippen LogP contribution is -2.54. The van der Waals surface area contributed by atoms with Gasteiger partial charge in [-0.25, -0.2) is 0 Å². The molecular formula is C19H17N5O6. The van der Waals surface area contributed by atoms with Crippen molar-refractivity contribution in [3.8, 4) is 0 Å². The van der Waals surface area contributed by atoms with Crippen LogP contribution < -0.4 is 10.6 Å². The minimum Gasteiger partial charge on any atom is -0.480 e. The number of rotatable bonds is 6. The number of hydrogen-bond donors (Lipinski definition) is 3. The highest BCUT2D eigenvalue weighted by molar-refractivity contribution is 6.25. The van der Waals surface area contributed by atoms with Crippen LogP contribution in [0.5, 0.6) is 0 Å². The fraction of sp³-hybridized carbons (Fsp3) is 0.263. The molecule has 1 atom stereocenters. The van der Waals surface area contributed by atoms with Gasteiger partial charge in [-0.15, -0.1) is 0 Å². The Bertz CT molecular complexity index is 1090. The molecule has 1 saturated heterocycles. The second-order valence-corrected chi connectivity index (χ2v) is 6.97. The number of benzene rings is 1. The minimum absolute atomic E-state index is 0.0508. The molecular weight excluding hydrogens is 394 g/mol. The molecule has 0 radical (unpaired) electrons. The van der Waals surface area contributed by atoms with Crippen molar-refractivity contribution in [2.45, 2.75) is 32.0 Å². The Labute approximate surface area is 169 Å². The number of imide groups is 2. The van der Waals surface area contributed by atoms with Gasteiger partial charge in [-0.2, -0.15) is 5.10 Å². The molecule has 1 aromatic carbocycles. The van der Waals surface area contributed by atoms with Gasteiger partial charge in [-0.1, -0.05) is 6.07 Å². The lowest BCUT2D eigenvalue weighted by atomic mass is 10.0. The van der Waals surface area contributed by atoms with Crippen LogP contribution in [0.25, 0.3) is 0 Å². The number of anilines is 1. The highest BCUT2D eigenvalue weighted by atomic mass is 16.4. The predicted octanol–water partition coefficient (Wildman–Crippen LogP) is -0.0190. The molecule has 0 saturated carbocycles. The van der Waals surface area contributed by atoms with Crippen molar-refractivity contribution < 1.29 is 29.1 Å². The van der Waals surface area contributed by atoms with Crippen molar-refractivity contribution in [3.63, 3.8) is 0 Å². The average molecular weight is 411 g/mol. The first-order chi connectivity index (χ1) is 14.3. The van der Waals surface area contributed by atoms with E-state index in [2.05, 4.69) is 15.7 Å². The molecule has 4 amide bonds. The van der Waals surface area contributed by atoms with Crippen molar-refractivity contribution in [3.05, 3.63) is 47.3 Å². The molecule has 0 spiro atoms. The number of carbonyl (C=O) groups excluding carboxylic acids is 4. The van der Waals surface area contributed by atoms with Gasteiger partial charge in [0.2, 0.25) is 11.8 Å². The van der Waals surface area contributed by atoms with Gasteiger partial charge in [0.05, 0.1) is 17.3 Å². The van der Waals surface area contributed by atoms with E-state index >= 15 is 0 Å². The molecule has 1 fully saturated rings. The topological polar surface area (TPSA) is 151 Å². The normalized spacial score (nSPS) is 18.4. The van der Waals surface area contributed by atoms with Crippen molar-refractivity contribution in [2.24, 2.45) is 0 Å². The fourth-order valence-electron chi connectivity index (χ4n) is 3.58. The van der Waals surface area contributed by atoms with Gasteiger partial charge in [0.1, 0.15) is 12.6 Å². The van der Waals surface area contributed by atoms with Crippen LogP contribution in [-0.2, 0) is 27.5 Å². The third kappa shape index (κ3) is 3.41. The van der Waals surface area contributed by atoms with E-state index in [4.69, 9.17) is 5.11 Å². The summed E-state index contributed by atoms with van der Waals surface area (Å²) in [6, 6.07) is 3.74. The molecule has 1 aromatic heterocycles. The highest BCUT2D eigenvalue weighted by Gasteiger charge is 2.45. The summed E-state index contributed by atoms with van der Waals surface area (Å²) in [7, 11) is 0. The number of amides is 4. The van der Waals surface area contributed by atoms with Crippen LogP contribution in [0.15, 0.2) is 30.6 Å².